The molecule has 0 radical (unpaired) electrons. The molecule has 0 spiro atoms. The maximum atomic E-state index is 12.5. The molecule has 0 unspecified atom stereocenters. The van der Waals surface area contributed by atoms with Gasteiger partial charge in [-0.3, -0.25) is 9.48 Å². The van der Waals surface area contributed by atoms with Crippen molar-refractivity contribution in [2.75, 3.05) is 5.32 Å². The number of hydrogen-bond acceptors (Lipinski definition) is 4. The number of amides is 1. The monoisotopic (exact) mass is 455 g/mol. The molecule has 0 bridgehead atoms. The van der Waals surface area contributed by atoms with Crippen molar-refractivity contribution in [1.29, 1.82) is 0 Å². The smallest absolute Gasteiger partial charge is 0.291 e. The molecule has 0 aliphatic rings. The molecule has 2 heterocycles. The summed E-state index contributed by atoms with van der Waals surface area (Å²) in [7, 11) is 0. The van der Waals surface area contributed by atoms with Crippen LogP contribution in [-0.4, -0.2) is 15.7 Å². The highest BCUT2D eigenvalue weighted by molar-refractivity contribution is 6.31. The van der Waals surface area contributed by atoms with E-state index in [0.717, 1.165) is 11.1 Å². The van der Waals surface area contributed by atoms with Crippen LogP contribution in [0.1, 0.15) is 27.4 Å². The Morgan fingerprint density at radius 2 is 2.00 bits per heavy atom. The van der Waals surface area contributed by atoms with E-state index in [2.05, 4.69) is 10.4 Å². The van der Waals surface area contributed by atoms with Gasteiger partial charge < -0.3 is 14.5 Å². The van der Waals surface area contributed by atoms with Gasteiger partial charge in [-0.05, 0) is 54.4 Å². The minimum atomic E-state index is -0.369. The van der Waals surface area contributed by atoms with Crippen LogP contribution in [0.25, 0.3) is 0 Å². The summed E-state index contributed by atoms with van der Waals surface area (Å²) < 4.78 is 13.1. The zero-order valence-electron chi connectivity index (χ0n) is 16.6. The summed E-state index contributed by atoms with van der Waals surface area (Å²) in [5.74, 6) is 1.06. The van der Waals surface area contributed by atoms with E-state index in [1.807, 2.05) is 37.3 Å². The molecule has 0 saturated carbocycles. The van der Waals surface area contributed by atoms with Gasteiger partial charge in [-0.25, -0.2) is 0 Å². The van der Waals surface area contributed by atoms with E-state index in [4.69, 9.17) is 32.4 Å². The number of aryl methyl sites for hydroxylation is 1. The van der Waals surface area contributed by atoms with Crippen molar-refractivity contribution in [3.05, 3.63) is 99.7 Å². The van der Waals surface area contributed by atoms with E-state index in [-0.39, 0.29) is 18.3 Å². The fraction of sp³-hybridized carbons (Fsp3) is 0.130. The lowest BCUT2D eigenvalue weighted by Gasteiger charge is -2.07. The first-order chi connectivity index (χ1) is 15.0. The molecule has 4 aromatic rings. The Bertz CT molecular complexity index is 1220. The second kappa shape index (κ2) is 9.29. The topological polar surface area (TPSA) is 69.3 Å². The first-order valence-electron chi connectivity index (χ1n) is 9.53. The van der Waals surface area contributed by atoms with Gasteiger partial charge in [-0.2, -0.15) is 5.10 Å². The standard InChI is InChI=1S/C23H19Cl2N3O3/c1-15-10-17(24)6-8-21(15)30-14-19-7-9-22(31-19)23(29)27-18-11-26-28(13-18)12-16-4-2-3-5-20(16)25/h2-11,13H,12,14H2,1H3,(H,27,29). The van der Waals surface area contributed by atoms with Crippen LogP contribution in [-0.2, 0) is 13.2 Å². The van der Waals surface area contributed by atoms with Crippen molar-refractivity contribution in [1.82, 2.24) is 9.78 Å². The van der Waals surface area contributed by atoms with Crippen molar-refractivity contribution in [3.8, 4) is 5.75 Å². The number of aromatic nitrogens is 2. The number of ether oxygens (including phenoxy) is 1. The Labute approximate surface area is 189 Å². The Morgan fingerprint density at radius 3 is 2.81 bits per heavy atom. The quantitative estimate of drug-likeness (QED) is 0.372. The number of furan rings is 1. The lowest BCUT2D eigenvalue weighted by molar-refractivity contribution is 0.0992. The zero-order valence-corrected chi connectivity index (χ0v) is 18.2. The van der Waals surface area contributed by atoms with Crippen LogP contribution < -0.4 is 10.1 Å². The van der Waals surface area contributed by atoms with E-state index >= 15 is 0 Å². The van der Waals surface area contributed by atoms with Crippen LogP contribution in [0.2, 0.25) is 10.0 Å². The van der Waals surface area contributed by atoms with Crippen molar-refractivity contribution in [2.24, 2.45) is 0 Å². The van der Waals surface area contributed by atoms with Gasteiger partial charge >= 0.3 is 0 Å². The summed E-state index contributed by atoms with van der Waals surface area (Å²) >= 11 is 12.1. The first-order valence-corrected chi connectivity index (χ1v) is 10.3. The summed E-state index contributed by atoms with van der Waals surface area (Å²) in [6.45, 7) is 2.61. The van der Waals surface area contributed by atoms with Gasteiger partial charge in [0.05, 0.1) is 18.4 Å². The highest BCUT2D eigenvalue weighted by atomic mass is 35.5. The molecule has 2 aromatic carbocycles. The number of anilines is 1. The maximum Gasteiger partial charge on any atom is 0.291 e. The average molecular weight is 456 g/mol. The maximum absolute atomic E-state index is 12.5. The lowest BCUT2D eigenvalue weighted by atomic mass is 10.2. The number of nitrogens with zero attached hydrogens (tertiary/aromatic N) is 2. The summed E-state index contributed by atoms with van der Waals surface area (Å²) in [4.78, 5) is 12.5. The lowest BCUT2D eigenvalue weighted by Crippen LogP contribution is -2.10. The molecule has 0 aliphatic heterocycles. The second-order valence-corrected chi connectivity index (χ2v) is 7.78. The number of carbonyl (C=O) groups is 1. The number of benzene rings is 2. The minimum Gasteiger partial charge on any atom is -0.485 e. The zero-order chi connectivity index (χ0) is 21.8. The Hall–Kier alpha value is -3.22. The SMILES string of the molecule is Cc1cc(Cl)ccc1OCc1ccc(C(=O)Nc2cnn(Cc3ccccc3Cl)c2)o1. The van der Waals surface area contributed by atoms with Crippen LogP contribution in [0.5, 0.6) is 5.75 Å². The molecule has 0 saturated heterocycles. The van der Waals surface area contributed by atoms with Crippen LogP contribution in [0.15, 0.2) is 71.4 Å². The number of carbonyl (C=O) groups excluding carboxylic acids is 1. The molecule has 8 heteroatoms. The highest BCUT2D eigenvalue weighted by Crippen LogP contribution is 2.23. The molecule has 1 amide bonds. The van der Waals surface area contributed by atoms with E-state index < -0.39 is 0 Å². The molecule has 4 rings (SSSR count). The van der Waals surface area contributed by atoms with Crippen LogP contribution >= 0.6 is 23.2 Å². The van der Waals surface area contributed by atoms with Crippen LogP contribution in [0, 0.1) is 6.92 Å². The normalized spacial score (nSPS) is 10.8. The summed E-state index contributed by atoms with van der Waals surface area (Å²) in [6, 6.07) is 16.3. The molecular formula is C23H19Cl2N3O3. The second-order valence-electron chi connectivity index (χ2n) is 6.94. The minimum absolute atomic E-state index is 0.185. The summed E-state index contributed by atoms with van der Waals surface area (Å²) in [5.41, 5.74) is 2.42. The molecular weight excluding hydrogens is 437 g/mol. The Balaban J connectivity index is 1.35. The summed E-state index contributed by atoms with van der Waals surface area (Å²) in [6.07, 6.45) is 3.31. The largest absolute Gasteiger partial charge is 0.485 e. The number of hydrogen-bond donors (Lipinski definition) is 1. The number of rotatable bonds is 7. The van der Waals surface area contributed by atoms with Crippen molar-refractivity contribution < 1.29 is 13.9 Å². The molecule has 31 heavy (non-hydrogen) atoms. The molecule has 0 atom stereocenters. The molecule has 0 fully saturated rings. The van der Waals surface area contributed by atoms with E-state index in [1.165, 1.54) is 0 Å². The van der Waals surface area contributed by atoms with Gasteiger partial charge in [0.2, 0.25) is 0 Å². The van der Waals surface area contributed by atoms with Gasteiger partial charge in [-0.15, -0.1) is 0 Å². The van der Waals surface area contributed by atoms with Crippen molar-refractivity contribution >= 4 is 34.8 Å². The fourth-order valence-corrected chi connectivity index (χ4v) is 3.43. The van der Waals surface area contributed by atoms with Gasteiger partial charge in [0.1, 0.15) is 18.1 Å². The summed E-state index contributed by atoms with van der Waals surface area (Å²) in [5, 5.41) is 8.36. The third kappa shape index (κ3) is 5.29. The Kier molecular flexibility index (Phi) is 6.30. The van der Waals surface area contributed by atoms with Crippen molar-refractivity contribution in [3.63, 3.8) is 0 Å². The Morgan fingerprint density at radius 1 is 1.16 bits per heavy atom. The van der Waals surface area contributed by atoms with Gasteiger partial charge in [0, 0.05) is 16.2 Å². The predicted octanol–water partition coefficient (Wildman–Crippen LogP) is 5.97. The third-order valence-electron chi connectivity index (χ3n) is 4.57. The first kappa shape index (κ1) is 21.0. The number of nitrogens with one attached hydrogen (secondary N) is 1. The van der Waals surface area contributed by atoms with Gasteiger partial charge in [0.15, 0.2) is 5.76 Å². The number of halogens is 2. The van der Waals surface area contributed by atoms with Crippen LogP contribution in [0.4, 0.5) is 5.69 Å². The van der Waals surface area contributed by atoms with E-state index in [9.17, 15) is 4.79 Å². The molecule has 2 aromatic heterocycles. The van der Waals surface area contributed by atoms with Crippen molar-refractivity contribution in [2.45, 2.75) is 20.1 Å². The van der Waals surface area contributed by atoms with Gasteiger partial charge in [0.25, 0.3) is 5.91 Å². The van der Waals surface area contributed by atoms with Gasteiger partial charge in [-0.1, -0.05) is 41.4 Å². The molecule has 0 aliphatic carbocycles. The molecule has 1 N–H and O–H groups in total. The average Bonchev–Trinajstić information content (AvgIpc) is 3.39. The highest BCUT2D eigenvalue weighted by Gasteiger charge is 2.13. The molecule has 158 valence electrons. The third-order valence-corrected chi connectivity index (χ3v) is 5.18. The van der Waals surface area contributed by atoms with E-state index in [0.29, 0.717) is 33.8 Å². The molecule has 6 nitrogen and oxygen atoms in total. The predicted molar refractivity (Wildman–Crippen MR) is 120 cm³/mol. The van der Waals surface area contributed by atoms with E-state index in [1.54, 1.807) is 41.3 Å². The fourth-order valence-electron chi connectivity index (χ4n) is 3.01. The van der Waals surface area contributed by atoms with Crippen LogP contribution in [0.3, 0.4) is 0 Å².